The molecule has 0 aliphatic carbocycles. The quantitative estimate of drug-likeness (QED) is 0.789. The molecule has 2 saturated heterocycles. The van der Waals surface area contributed by atoms with Gasteiger partial charge in [0, 0.05) is 26.2 Å². The number of nitrogens with zero attached hydrogens (tertiary/aromatic N) is 2. The Morgan fingerprint density at radius 2 is 1.95 bits per heavy atom. The smallest absolute Gasteiger partial charge is 0.410 e. The van der Waals surface area contributed by atoms with E-state index in [1.165, 1.54) is 0 Å². The van der Waals surface area contributed by atoms with Gasteiger partial charge in [0.15, 0.2) is 0 Å². The molecule has 0 bridgehead atoms. The number of rotatable bonds is 2. The fraction of sp³-hybridized carbons (Fsp3) is 0.857. The number of likely N-dealkylation sites (tertiary alicyclic amines) is 1. The fourth-order valence-corrected chi connectivity index (χ4v) is 2.61. The first-order chi connectivity index (χ1) is 9.69. The van der Waals surface area contributed by atoms with Crippen LogP contribution >= 0.6 is 0 Å². The van der Waals surface area contributed by atoms with Crippen LogP contribution in [0.5, 0.6) is 0 Å². The third-order valence-corrected chi connectivity index (χ3v) is 3.78. The van der Waals surface area contributed by atoms with Crippen LogP contribution in [-0.2, 0) is 4.74 Å². The van der Waals surface area contributed by atoms with Crippen LogP contribution in [0.15, 0.2) is 0 Å². The van der Waals surface area contributed by atoms with E-state index in [2.05, 4.69) is 5.32 Å². The molecule has 0 aromatic carbocycles. The predicted octanol–water partition coefficient (Wildman–Crippen LogP) is 0.774. The largest absolute Gasteiger partial charge is 0.444 e. The lowest BCUT2D eigenvalue weighted by molar-refractivity contribution is -0.0424. The second-order valence-electron chi connectivity index (χ2n) is 6.85. The lowest BCUT2D eigenvalue weighted by atomic mass is 9.91. The maximum atomic E-state index is 12.0. The summed E-state index contributed by atoms with van der Waals surface area (Å²) in [5.74, 6) is 0. The van der Waals surface area contributed by atoms with Crippen molar-refractivity contribution in [3.8, 4) is 0 Å². The fourth-order valence-electron chi connectivity index (χ4n) is 2.61. The van der Waals surface area contributed by atoms with Crippen LogP contribution in [0, 0.1) is 0 Å². The highest BCUT2D eigenvalue weighted by molar-refractivity contribution is 5.76. The molecule has 7 nitrogen and oxygen atoms in total. The number of aliphatic hydroxyl groups is 1. The number of hydrogen-bond donors (Lipinski definition) is 2. The first-order valence-corrected chi connectivity index (χ1v) is 7.42. The van der Waals surface area contributed by atoms with E-state index in [4.69, 9.17) is 4.74 Å². The molecule has 0 saturated carbocycles. The van der Waals surface area contributed by atoms with Gasteiger partial charge in [-0.05, 0) is 33.6 Å². The van der Waals surface area contributed by atoms with Crippen molar-refractivity contribution < 1.29 is 19.4 Å². The van der Waals surface area contributed by atoms with Gasteiger partial charge >= 0.3 is 12.1 Å². The zero-order valence-electron chi connectivity index (χ0n) is 13.0. The Morgan fingerprint density at radius 1 is 1.33 bits per heavy atom. The summed E-state index contributed by atoms with van der Waals surface area (Å²) in [5.41, 5.74) is -1.43. The molecule has 21 heavy (non-hydrogen) atoms. The van der Waals surface area contributed by atoms with E-state index in [1.54, 1.807) is 9.80 Å². The molecule has 0 atom stereocenters. The summed E-state index contributed by atoms with van der Waals surface area (Å²) < 4.78 is 5.33. The van der Waals surface area contributed by atoms with Gasteiger partial charge in [-0.1, -0.05) is 0 Å². The van der Waals surface area contributed by atoms with Crippen LogP contribution in [0.2, 0.25) is 0 Å². The minimum Gasteiger partial charge on any atom is -0.444 e. The maximum absolute atomic E-state index is 12.0. The number of ether oxygens (including phenoxy) is 1. The molecule has 2 heterocycles. The van der Waals surface area contributed by atoms with Crippen molar-refractivity contribution in [1.29, 1.82) is 0 Å². The second-order valence-corrected chi connectivity index (χ2v) is 6.85. The van der Waals surface area contributed by atoms with E-state index < -0.39 is 11.2 Å². The van der Waals surface area contributed by atoms with Crippen molar-refractivity contribution in [1.82, 2.24) is 15.1 Å². The average Bonchev–Trinajstić information content (AvgIpc) is 2.73. The van der Waals surface area contributed by atoms with Crippen molar-refractivity contribution in [3.05, 3.63) is 0 Å². The van der Waals surface area contributed by atoms with Gasteiger partial charge in [-0.15, -0.1) is 0 Å². The van der Waals surface area contributed by atoms with Crippen LogP contribution in [-0.4, -0.2) is 71.0 Å². The number of hydrogen-bond acceptors (Lipinski definition) is 4. The lowest BCUT2D eigenvalue weighted by Gasteiger charge is -2.40. The Balaban J connectivity index is 1.84. The molecule has 0 unspecified atom stereocenters. The van der Waals surface area contributed by atoms with Gasteiger partial charge in [0.05, 0.1) is 12.1 Å². The predicted molar refractivity (Wildman–Crippen MR) is 77.0 cm³/mol. The van der Waals surface area contributed by atoms with Gasteiger partial charge in [0.25, 0.3) is 0 Å². The first kappa shape index (κ1) is 15.9. The molecule has 0 radical (unpaired) electrons. The summed E-state index contributed by atoms with van der Waals surface area (Å²) >= 11 is 0. The molecule has 120 valence electrons. The molecule has 2 fully saturated rings. The second kappa shape index (κ2) is 5.71. The molecule has 7 heteroatoms. The first-order valence-electron chi connectivity index (χ1n) is 7.42. The number of amides is 3. The molecule has 0 aromatic rings. The van der Waals surface area contributed by atoms with Crippen LogP contribution < -0.4 is 5.32 Å². The summed E-state index contributed by atoms with van der Waals surface area (Å²) in [6, 6.07) is -0.127. The van der Waals surface area contributed by atoms with Crippen molar-refractivity contribution in [2.24, 2.45) is 0 Å². The van der Waals surface area contributed by atoms with Crippen LogP contribution in [0.25, 0.3) is 0 Å². The third-order valence-electron chi connectivity index (χ3n) is 3.78. The van der Waals surface area contributed by atoms with Gasteiger partial charge in [-0.3, -0.25) is 0 Å². The summed E-state index contributed by atoms with van der Waals surface area (Å²) in [7, 11) is 0. The van der Waals surface area contributed by atoms with Crippen molar-refractivity contribution in [2.75, 3.05) is 32.7 Å². The summed E-state index contributed by atoms with van der Waals surface area (Å²) in [5, 5.41) is 13.3. The van der Waals surface area contributed by atoms with Crippen LogP contribution in [0.3, 0.4) is 0 Å². The van der Waals surface area contributed by atoms with E-state index in [-0.39, 0.29) is 12.1 Å². The van der Waals surface area contributed by atoms with Crippen LogP contribution in [0.1, 0.15) is 33.6 Å². The van der Waals surface area contributed by atoms with Gasteiger partial charge in [0.2, 0.25) is 0 Å². The molecule has 0 spiro atoms. The van der Waals surface area contributed by atoms with Crippen molar-refractivity contribution in [3.63, 3.8) is 0 Å². The number of piperidine rings is 1. The monoisotopic (exact) mass is 299 g/mol. The molecule has 2 aliphatic heterocycles. The normalized spacial score (nSPS) is 22.2. The minimum atomic E-state index is -0.916. The number of nitrogens with one attached hydrogen (secondary N) is 1. The Labute approximate surface area is 125 Å². The van der Waals surface area contributed by atoms with Gasteiger partial charge in [-0.2, -0.15) is 0 Å². The summed E-state index contributed by atoms with van der Waals surface area (Å²) in [6.45, 7) is 7.95. The molecular weight excluding hydrogens is 274 g/mol. The molecule has 0 aromatic heterocycles. The van der Waals surface area contributed by atoms with Crippen molar-refractivity contribution >= 4 is 12.1 Å². The summed E-state index contributed by atoms with van der Waals surface area (Å²) in [6.07, 6.45) is 0.565. The lowest BCUT2D eigenvalue weighted by Crippen LogP contribution is -2.53. The van der Waals surface area contributed by atoms with E-state index in [9.17, 15) is 14.7 Å². The van der Waals surface area contributed by atoms with Crippen LogP contribution in [0.4, 0.5) is 9.59 Å². The SMILES string of the molecule is CC(C)(C)OC(=O)N1CCC(O)(CN2CCNC2=O)CC1. The highest BCUT2D eigenvalue weighted by Gasteiger charge is 2.38. The third kappa shape index (κ3) is 4.23. The van der Waals surface area contributed by atoms with Crippen molar-refractivity contribution in [2.45, 2.75) is 44.8 Å². The van der Waals surface area contributed by atoms with E-state index in [1.807, 2.05) is 20.8 Å². The molecular formula is C14H25N3O4. The topological polar surface area (TPSA) is 82.1 Å². The van der Waals surface area contributed by atoms with Gasteiger partial charge in [-0.25, -0.2) is 9.59 Å². The van der Waals surface area contributed by atoms with Gasteiger partial charge < -0.3 is 25.0 Å². The number of urea groups is 1. The maximum Gasteiger partial charge on any atom is 0.410 e. The number of β-amino-alcohol motifs (C(OH)–C–C–N with tert-alkyl or cyclic N) is 1. The number of carbonyl (C=O) groups excluding carboxylic acids is 2. The molecule has 3 amide bonds. The molecule has 2 rings (SSSR count). The standard InChI is InChI=1S/C14H25N3O4/c1-13(2,3)21-12(19)16-7-4-14(20,5-8-16)10-17-9-6-15-11(17)18/h20H,4-10H2,1-3H3,(H,15,18). The van der Waals surface area contributed by atoms with E-state index in [0.29, 0.717) is 45.6 Å². The number of carbonyl (C=O) groups is 2. The van der Waals surface area contributed by atoms with E-state index in [0.717, 1.165) is 0 Å². The Bertz CT molecular complexity index is 411. The van der Waals surface area contributed by atoms with E-state index >= 15 is 0 Å². The Hall–Kier alpha value is -1.50. The average molecular weight is 299 g/mol. The Morgan fingerprint density at radius 3 is 2.43 bits per heavy atom. The zero-order valence-corrected chi connectivity index (χ0v) is 13.0. The Kier molecular flexibility index (Phi) is 4.32. The molecule has 2 aliphatic rings. The molecule has 2 N–H and O–H groups in total. The highest BCUT2D eigenvalue weighted by Crippen LogP contribution is 2.25. The van der Waals surface area contributed by atoms with Gasteiger partial charge in [0.1, 0.15) is 5.60 Å². The zero-order chi connectivity index (χ0) is 15.7. The minimum absolute atomic E-state index is 0.127. The summed E-state index contributed by atoms with van der Waals surface area (Å²) in [4.78, 5) is 26.8. The highest BCUT2D eigenvalue weighted by atomic mass is 16.6.